The first-order valence-corrected chi connectivity index (χ1v) is 11.0. The molecule has 8 heteroatoms. The van der Waals surface area contributed by atoms with Crippen LogP contribution in [0.4, 0.5) is 5.69 Å². The Morgan fingerprint density at radius 2 is 1.93 bits per heavy atom. The summed E-state index contributed by atoms with van der Waals surface area (Å²) in [6, 6.07) is 5.36. The number of rotatable bonds is 4. The van der Waals surface area contributed by atoms with Gasteiger partial charge in [0.15, 0.2) is 0 Å². The summed E-state index contributed by atoms with van der Waals surface area (Å²) in [5.74, 6) is -0.298. The molecule has 0 aliphatic carbocycles. The first kappa shape index (κ1) is 19.6. The Kier molecular flexibility index (Phi) is 5.67. The van der Waals surface area contributed by atoms with Gasteiger partial charge in [-0.1, -0.05) is 6.58 Å². The number of fused-ring (bicyclic) bond motifs is 1. The van der Waals surface area contributed by atoms with Gasteiger partial charge in [-0.3, -0.25) is 9.59 Å². The van der Waals surface area contributed by atoms with Crippen molar-refractivity contribution in [3.05, 3.63) is 42.0 Å². The van der Waals surface area contributed by atoms with Crippen molar-refractivity contribution in [3.63, 3.8) is 0 Å². The highest BCUT2D eigenvalue weighted by Crippen LogP contribution is 2.28. The average Bonchev–Trinajstić information content (AvgIpc) is 2.66. The monoisotopic (exact) mass is 391 g/mol. The highest BCUT2D eigenvalue weighted by atomic mass is 32.2. The second-order valence-corrected chi connectivity index (χ2v) is 9.03. The Morgan fingerprint density at radius 1 is 1.22 bits per heavy atom. The second kappa shape index (κ2) is 7.82. The van der Waals surface area contributed by atoms with Crippen LogP contribution in [0.5, 0.6) is 0 Å². The molecule has 0 aromatic heterocycles. The molecule has 7 nitrogen and oxygen atoms in total. The third-order valence-corrected chi connectivity index (χ3v) is 6.46. The number of hydrogen-bond donors (Lipinski definition) is 1. The van der Waals surface area contributed by atoms with Crippen molar-refractivity contribution in [2.24, 2.45) is 0 Å². The fraction of sp³-hybridized carbons (Fsp3) is 0.474. The van der Waals surface area contributed by atoms with E-state index in [2.05, 4.69) is 11.9 Å². The second-order valence-electron chi connectivity index (χ2n) is 7.05. The number of anilines is 1. The van der Waals surface area contributed by atoms with Gasteiger partial charge in [0, 0.05) is 36.9 Å². The van der Waals surface area contributed by atoms with E-state index in [-0.39, 0.29) is 17.9 Å². The third kappa shape index (κ3) is 4.39. The van der Waals surface area contributed by atoms with Gasteiger partial charge in [-0.25, -0.2) is 12.7 Å². The number of carbonyl (C=O) groups is 2. The lowest BCUT2D eigenvalue weighted by atomic mass is 9.98. The van der Waals surface area contributed by atoms with E-state index in [4.69, 9.17) is 0 Å². The van der Waals surface area contributed by atoms with Gasteiger partial charge in [-0.05, 0) is 55.5 Å². The van der Waals surface area contributed by atoms with Crippen molar-refractivity contribution in [2.45, 2.75) is 31.7 Å². The van der Waals surface area contributed by atoms with Crippen LogP contribution in [-0.2, 0) is 21.2 Å². The molecule has 0 saturated carbocycles. The number of carbonyl (C=O) groups excluding carboxylic acids is 2. The smallest absolute Gasteiger partial charge is 0.251 e. The molecule has 0 atom stereocenters. The molecule has 0 unspecified atom stereocenters. The summed E-state index contributed by atoms with van der Waals surface area (Å²) < 4.78 is 24.6. The van der Waals surface area contributed by atoms with Crippen LogP contribution in [0.2, 0.25) is 0 Å². The molecule has 27 heavy (non-hydrogen) atoms. The summed E-state index contributed by atoms with van der Waals surface area (Å²) in [6.07, 6.45) is 5.39. The fourth-order valence-electron chi connectivity index (χ4n) is 3.68. The molecule has 146 valence electrons. The van der Waals surface area contributed by atoms with Crippen molar-refractivity contribution in [1.29, 1.82) is 0 Å². The van der Waals surface area contributed by atoms with Gasteiger partial charge in [0.2, 0.25) is 15.9 Å². The number of sulfonamides is 1. The minimum Gasteiger partial charge on any atom is -0.349 e. The van der Waals surface area contributed by atoms with Gasteiger partial charge in [-0.2, -0.15) is 0 Å². The Hall–Kier alpha value is -2.19. The van der Waals surface area contributed by atoms with Gasteiger partial charge < -0.3 is 10.2 Å². The standard InChI is InChI=1S/C19H25N3O4S/c1-3-18(23)22-10-4-5-14-13-15(6-7-17(14)22)19(24)20-16-8-11-21(12-9-16)27(2,25)26/h3,6-7,13,16H,1,4-5,8-12H2,2H3,(H,20,24). The lowest BCUT2D eigenvalue weighted by Crippen LogP contribution is -2.46. The summed E-state index contributed by atoms with van der Waals surface area (Å²) in [6.45, 7) is 5.05. The summed E-state index contributed by atoms with van der Waals surface area (Å²) in [5, 5.41) is 3.00. The number of benzene rings is 1. The number of hydrogen-bond acceptors (Lipinski definition) is 4. The van der Waals surface area contributed by atoms with Crippen LogP contribution in [0.3, 0.4) is 0 Å². The Morgan fingerprint density at radius 3 is 2.56 bits per heavy atom. The molecule has 2 amide bonds. The molecular formula is C19H25N3O4S. The maximum absolute atomic E-state index is 12.6. The minimum absolute atomic E-state index is 0.0367. The zero-order valence-electron chi connectivity index (χ0n) is 15.5. The van der Waals surface area contributed by atoms with Crippen molar-refractivity contribution in [1.82, 2.24) is 9.62 Å². The van der Waals surface area contributed by atoms with E-state index < -0.39 is 10.0 Å². The van der Waals surface area contributed by atoms with E-state index in [1.165, 1.54) is 16.6 Å². The van der Waals surface area contributed by atoms with Crippen LogP contribution in [0.25, 0.3) is 0 Å². The van der Waals surface area contributed by atoms with Crippen LogP contribution < -0.4 is 10.2 Å². The number of nitrogens with one attached hydrogen (secondary N) is 1. The molecule has 1 fully saturated rings. The number of nitrogens with zero attached hydrogens (tertiary/aromatic N) is 2. The highest BCUT2D eigenvalue weighted by Gasteiger charge is 2.27. The first-order chi connectivity index (χ1) is 12.8. The largest absolute Gasteiger partial charge is 0.349 e. The van der Waals surface area contributed by atoms with Crippen molar-refractivity contribution >= 4 is 27.5 Å². The predicted molar refractivity (Wildman–Crippen MR) is 104 cm³/mol. The molecular weight excluding hydrogens is 366 g/mol. The Bertz CT molecular complexity index is 858. The van der Waals surface area contributed by atoms with E-state index in [1.54, 1.807) is 11.0 Å². The van der Waals surface area contributed by atoms with Crippen LogP contribution in [0, 0.1) is 0 Å². The summed E-state index contributed by atoms with van der Waals surface area (Å²) in [5.41, 5.74) is 2.38. The summed E-state index contributed by atoms with van der Waals surface area (Å²) in [7, 11) is -3.17. The Balaban J connectivity index is 1.66. The normalized spacial score (nSPS) is 18.6. The van der Waals surface area contributed by atoms with E-state index >= 15 is 0 Å². The predicted octanol–water partition coefficient (Wildman–Crippen LogP) is 1.31. The average molecular weight is 391 g/mol. The quantitative estimate of drug-likeness (QED) is 0.784. The lowest BCUT2D eigenvalue weighted by molar-refractivity contribution is -0.114. The van der Waals surface area contributed by atoms with E-state index in [0.717, 1.165) is 24.1 Å². The maximum Gasteiger partial charge on any atom is 0.251 e. The van der Waals surface area contributed by atoms with Crippen LogP contribution in [0.1, 0.15) is 35.2 Å². The molecule has 1 aromatic carbocycles. The van der Waals surface area contributed by atoms with Crippen molar-refractivity contribution in [3.8, 4) is 0 Å². The Labute approximate surface area is 160 Å². The van der Waals surface area contributed by atoms with Gasteiger partial charge in [0.1, 0.15) is 0 Å². The molecule has 1 aromatic rings. The molecule has 3 rings (SSSR count). The fourth-order valence-corrected chi connectivity index (χ4v) is 4.55. The maximum atomic E-state index is 12.6. The van der Waals surface area contributed by atoms with Crippen LogP contribution in [-0.4, -0.2) is 56.5 Å². The molecule has 2 heterocycles. The number of amides is 2. The molecule has 2 aliphatic rings. The van der Waals surface area contributed by atoms with Gasteiger partial charge in [0.25, 0.3) is 5.91 Å². The SMILES string of the molecule is C=CC(=O)N1CCCc2cc(C(=O)NC3CCN(S(C)(=O)=O)CC3)ccc21. The van der Waals surface area contributed by atoms with E-state index in [0.29, 0.717) is 38.0 Å². The van der Waals surface area contributed by atoms with Gasteiger partial charge in [-0.15, -0.1) is 0 Å². The summed E-state index contributed by atoms with van der Waals surface area (Å²) >= 11 is 0. The zero-order valence-corrected chi connectivity index (χ0v) is 16.3. The first-order valence-electron chi connectivity index (χ1n) is 9.12. The molecule has 1 saturated heterocycles. The molecule has 2 aliphatic heterocycles. The molecule has 0 radical (unpaired) electrons. The summed E-state index contributed by atoms with van der Waals surface area (Å²) in [4.78, 5) is 26.3. The van der Waals surface area contributed by atoms with Crippen molar-refractivity contribution in [2.75, 3.05) is 30.8 Å². The highest BCUT2D eigenvalue weighted by molar-refractivity contribution is 7.88. The minimum atomic E-state index is -3.17. The van der Waals surface area contributed by atoms with Gasteiger partial charge in [0.05, 0.1) is 6.26 Å². The number of aryl methyl sites for hydroxylation is 1. The molecule has 0 bridgehead atoms. The topological polar surface area (TPSA) is 86.8 Å². The zero-order chi connectivity index (χ0) is 19.6. The number of piperidine rings is 1. The van der Waals surface area contributed by atoms with Gasteiger partial charge >= 0.3 is 0 Å². The third-order valence-electron chi connectivity index (χ3n) is 5.16. The molecule has 0 spiro atoms. The van der Waals surface area contributed by atoms with E-state index in [9.17, 15) is 18.0 Å². The lowest BCUT2D eigenvalue weighted by Gasteiger charge is -2.31. The van der Waals surface area contributed by atoms with Crippen molar-refractivity contribution < 1.29 is 18.0 Å². The van der Waals surface area contributed by atoms with E-state index in [1.807, 2.05) is 12.1 Å². The van der Waals surface area contributed by atoms with Crippen LogP contribution in [0.15, 0.2) is 30.9 Å². The van der Waals surface area contributed by atoms with Crippen LogP contribution >= 0.6 is 0 Å². The molecule has 1 N–H and O–H groups in total.